The molecular weight excluding hydrogens is 464 g/mol. The van der Waals surface area contributed by atoms with Gasteiger partial charge in [-0.3, -0.25) is 14.6 Å². The monoisotopic (exact) mass is 502 g/mol. The SMILES string of the molecule is CCOC(=O)C1=C(CN2CCCN(C(=O)CC)CC2)N(CC)C(=O)NC1c1cc(OC)ccc1OC. The smallest absolute Gasteiger partial charge is 0.338 e. The van der Waals surface area contributed by atoms with Gasteiger partial charge in [0, 0.05) is 56.9 Å². The molecule has 0 spiro atoms. The van der Waals surface area contributed by atoms with Crippen molar-refractivity contribution in [3.63, 3.8) is 0 Å². The highest BCUT2D eigenvalue weighted by Crippen LogP contribution is 2.38. The first-order valence-corrected chi connectivity index (χ1v) is 12.6. The minimum Gasteiger partial charge on any atom is -0.497 e. The number of nitrogens with one attached hydrogen (secondary N) is 1. The van der Waals surface area contributed by atoms with Crippen LogP contribution in [0, 0.1) is 0 Å². The molecule has 0 aromatic heterocycles. The Morgan fingerprint density at radius 1 is 1.06 bits per heavy atom. The molecule has 3 rings (SSSR count). The minimum absolute atomic E-state index is 0.140. The Kier molecular flexibility index (Phi) is 9.58. The van der Waals surface area contributed by atoms with E-state index in [4.69, 9.17) is 14.2 Å². The summed E-state index contributed by atoms with van der Waals surface area (Å²) in [4.78, 5) is 44.6. The summed E-state index contributed by atoms with van der Waals surface area (Å²) in [6, 6.07) is 4.21. The maximum absolute atomic E-state index is 13.4. The molecule has 10 nitrogen and oxygen atoms in total. The molecule has 2 aliphatic heterocycles. The number of esters is 1. The largest absolute Gasteiger partial charge is 0.497 e. The van der Waals surface area contributed by atoms with E-state index >= 15 is 0 Å². The second-order valence-electron chi connectivity index (χ2n) is 8.68. The number of hydrogen-bond donors (Lipinski definition) is 1. The van der Waals surface area contributed by atoms with Gasteiger partial charge in [-0.1, -0.05) is 6.92 Å². The van der Waals surface area contributed by atoms with Gasteiger partial charge in [0.2, 0.25) is 5.91 Å². The van der Waals surface area contributed by atoms with Crippen LogP contribution in [0.15, 0.2) is 29.5 Å². The normalized spacial score (nSPS) is 19.0. The van der Waals surface area contributed by atoms with E-state index in [1.807, 2.05) is 18.7 Å². The molecule has 2 aliphatic rings. The predicted octanol–water partition coefficient (Wildman–Crippen LogP) is 2.55. The summed E-state index contributed by atoms with van der Waals surface area (Å²) in [5.41, 5.74) is 1.58. The second-order valence-corrected chi connectivity index (χ2v) is 8.68. The average Bonchev–Trinajstić information content (AvgIpc) is 3.13. The van der Waals surface area contributed by atoms with Crippen molar-refractivity contribution in [1.82, 2.24) is 20.0 Å². The number of benzene rings is 1. The van der Waals surface area contributed by atoms with E-state index in [0.717, 1.165) is 13.0 Å². The summed E-state index contributed by atoms with van der Waals surface area (Å²) in [6.07, 6.45) is 1.30. The van der Waals surface area contributed by atoms with E-state index in [-0.39, 0.29) is 18.5 Å². The molecule has 0 bridgehead atoms. The number of carbonyl (C=O) groups excluding carboxylic acids is 3. The zero-order valence-corrected chi connectivity index (χ0v) is 22.0. The average molecular weight is 503 g/mol. The fraction of sp³-hybridized carbons (Fsp3) is 0.577. The molecule has 3 amide bonds. The Hall–Kier alpha value is -3.27. The van der Waals surface area contributed by atoms with Crippen LogP contribution < -0.4 is 14.8 Å². The first-order valence-electron chi connectivity index (χ1n) is 12.6. The van der Waals surface area contributed by atoms with Gasteiger partial charge < -0.3 is 24.4 Å². The third-order valence-electron chi connectivity index (χ3n) is 6.61. The molecule has 36 heavy (non-hydrogen) atoms. The zero-order valence-electron chi connectivity index (χ0n) is 22.0. The fourth-order valence-electron chi connectivity index (χ4n) is 4.77. The van der Waals surface area contributed by atoms with E-state index < -0.39 is 12.0 Å². The van der Waals surface area contributed by atoms with Gasteiger partial charge in [0.25, 0.3) is 0 Å². The summed E-state index contributed by atoms with van der Waals surface area (Å²) in [6.45, 7) is 9.19. The third kappa shape index (κ3) is 5.92. The zero-order chi connectivity index (χ0) is 26.2. The highest BCUT2D eigenvalue weighted by Gasteiger charge is 2.39. The van der Waals surface area contributed by atoms with Crippen LogP contribution in [-0.2, 0) is 14.3 Å². The Morgan fingerprint density at radius 3 is 2.47 bits per heavy atom. The molecule has 1 aromatic carbocycles. The van der Waals surface area contributed by atoms with E-state index in [1.165, 1.54) is 0 Å². The predicted molar refractivity (Wildman–Crippen MR) is 135 cm³/mol. The molecular formula is C26H38N4O6. The quantitative estimate of drug-likeness (QED) is 0.518. The van der Waals surface area contributed by atoms with Gasteiger partial charge in [-0.25, -0.2) is 9.59 Å². The summed E-state index contributed by atoms with van der Waals surface area (Å²) in [5.74, 6) is 0.755. The molecule has 1 N–H and O–H groups in total. The van der Waals surface area contributed by atoms with Crippen LogP contribution in [-0.4, -0.2) is 92.7 Å². The number of likely N-dealkylation sites (N-methyl/N-ethyl adjacent to an activating group) is 1. The van der Waals surface area contributed by atoms with E-state index in [1.54, 1.807) is 44.2 Å². The van der Waals surface area contributed by atoms with Gasteiger partial charge in [-0.05, 0) is 38.5 Å². The number of nitrogens with zero attached hydrogens (tertiary/aromatic N) is 3. The number of hydrogen-bond acceptors (Lipinski definition) is 7. The van der Waals surface area contributed by atoms with Crippen molar-refractivity contribution in [2.75, 3.05) is 60.1 Å². The van der Waals surface area contributed by atoms with Crippen LogP contribution in [0.3, 0.4) is 0 Å². The molecule has 0 radical (unpaired) electrons. The standard InChI is InChI=1S/C26H38N4O6/c1-6-22(31)29-13-9-12-28(14-15-29)17-20-23(25(32)36-8-3)24(27-26(33)30(20)7-2)19-16-18(34-4)10-11-21(19)35-5/h10-11,16,24H,6-9,12-15,17H2,1-5H3,(H,27,33). The first kappa shape index (κ1) is 27.3. The Labute approximate surface area is 213 Å². The molecule has 1 unspecified atom stereocenters. The molecule has 0 aliphatic carbocycles. The number of ether oxygens (including phenoxy) is 3. The number of urea groups is 1. The maximum atomic E-state index is 13.4. The topological polar surface area (TPSA) is 101 Å². The lowest BCUT2D eigenvalue weighted by atomic mass is 9.93. The molecule has 2 heterocycles. The fourth-order valence-corrected chi connectivity index (χ4v) is 4.77. The van der Waals surface area contributed by atoms with Gasteiger partial charge in [-0.15, -0.1) is 0 Å². The lowest BCUT2D eigenvalue weighted by Gasteiger charge is -2.38. The summed E-state index contributed by atoms with van der Waals surface area (Å²) in [7, 11) is 3.10. The number of amides is 3. The molecule has 10 heteroatoms. The van der Waals surface area contributed by atoms with Gasteiger partial charge in [-0.2, -0.15) is 0 Å². The van der Waals surface area contributed by atoms with Crippen LogP contribution in [0.5, 0.6) is 11.5 Å². The van der Waals surface area contributed by atoms with Crippen LogP contribution in [0.2, 0.25) is 0 Å². The Balaban J connectivity index is 2.07. The van der Waals surface area contributed by atoms with Gasteiger partial charge in [0.15, 0.2) is 0 Å². The summed E-state index contributed by atoms with van der Waals surface area (Å²) in [5, 5.41) is 2.98. The molecule has 198 valence electrons. The lowest BCUT2D eigenvalue weighted by molar-refractivity contribution is -0.139. The van der Waals surface area contributed by atoms with Gasteiger partial charge in [0.1, 0.15) is 11.5 Å². The molecule has 1 atom stereocenters. The second kappa shape index (κ2) is 12.6. The van der Waals surface area contributed by atoms with Crippen LogP contribution >= 0.6 is 0 Å². The van der Waals surface area contributed by atoms with Crippen LogP contribution in [0.1, 0.15) is 45.2 Å². The van der Waals surface area contributed by atoms with Crippen molar-refractivity contribution in [3.8, 4) is 11.5 Å². The van der Waals surface area contributed by atoms with Crippen molar-refractivity contribution in [2.24, 2.45) is 0 Å². The van der Waals surface area contributed by atoms with Crippen molar-refractivity contribution >= 4 is 17.9 Å². The van der Waals surface area contributed by atoms with Crippen molar-refractivity contribution < 1.29 is 28.6 Å². The lowest BCUT2D eigenvalue weighted by Crippen LogP contribution is -2.51. The van der Waals surface area contributed by atoms with E-state index in [2.05, 4.69) is 10.2 Å². The van der Waals surface area contributed by atoms with Gasteiger partial charge >= 0.3 is 12.0 Å². The highest BCUT2D eigenvalue weighted by molar-refractivity contribution is 5.95. The van der Waals surface area contributed by atoms with Gasteiger partial charge in [0.05, 0.1) is 32.4 Å². The van der Waals surface area contributed by atoms with E-state index in [9.17, 15) is 14.4 Å². The van der Waals surface area contributed by atoms with Crippen LogP contribution in [0.4, 0.5) is 4.79 Å². The van der Waals surface area contributed by atoms with E-state index in [0.29, 0.717) is 67.5 Å². The Morgan fingerprint density at radius 2 is 1.83 bits per heavy atom. The highest BCUT2D eigenvalue weighted by atomic mass is 16.5. The number of methoxy groups -OCH3 is 2. The molecule has 0 saturated carbocycles. The maximum Gasteiger partial charge on any atom is 0.338 e. The van der Waals surface area contributed by atoms with Crippen molar-refractivity contribution in [3.05, 3.63) is 35.0 Å². The van der Waals surface area contributed by atoms with Crippen molar-refractivity contribution in [1.29, 1.82) is 0 Å². The molecule has 1 fully saturated rings. The molecule has 1 aromatic rings. The number of rotatable bonds is 9. The minimum atomic E-state index is -0.774. The van der Waals surface area contributed by atoms with Crippen LogP contribution in [0.25, 0.3) is 0 Å². The first-order chi connectivity index (χ1) is 17.4. The number of carbonyl (C=O) groups is 3. The Bertz CT molecular complexity index is 995. The summed E-state index contributed by atoms with van der Waals surface area (Å²) >= 11 is 0. The van der Waals surface area contributed by atoms with Crippen molar-refractivity contribution in [2.45, 2.75) is 39.7 Å². The summed E-state index contributed by atoms with van der Waals surface area (Å²) < 4.78 is 16.5. The third-order valence-corrected chi connectivity index (χ3v) is 6.61. The molecule has 1 saturated heterocycles.